The fourth-order valence-corrected chi connectivity index (χ4v) is 0.845. The molecule has 0 saturated heterocycles. The molecule has 0 aromatic carbocycles. The first kappa shape index (κ1) is 14.9. The van der Waals surface area contributed by atoms with E-state index in [4.69, 9.17) is 0 Å². The Labute approximate surface area is 99.3 Å². The van der Waals surface area contributed by atoms with E-state index in [0.717, 1.165) is 6.92 Å². The molecule has 17 heavy (non-hydrogen) atoms. The lowest BCUT2D eigenvalue weighted by Crippen LogP contribution is -2.46. The van der Waals surface area contributed by atoms with Gasteiger partial charge in [0.15, 0.2) is 11.8 Å². The largest absolute Gasteiger partial charge is 0.460 e. The van der Waals surface area contributed by atoms with Crippen molar-refractivity contribution in [3.8, 4) is 0 Å². The SMILES string of the molecule is C=CCOC(=O)NC(C(C)=O)C(=O)OCC=C. The maximum absolute atomic E-state index is 11.4. The second-order valence-corrected chi connectivity index (χ2v) is 2.99. The van der Waals surface area contributed by atoms with Crippen molar-refractivity contribution in [2.75, 3.05) is 13.2 Å². The summed E-state index contributed by atoms with van der Waals surface area (Å²) < 4.78 is 9.23. The minimum atomic E-state index is -1.37. The molecule has 6 nitrogen and oxygen atoms in total. The number of ether oxygens (including phenoxy) is 2. The van der Waals surface area contributed by atoms with Crippen LogP contribution < -0.4 is 5.32 Å². The van der Waals surface area contributed by atoms with Gasteiger partial charge in [-0.2, -0.15) is 0 Å². The Kier molecular flexibility index (Phi) is 7.09. The average molecular weight is 241 g/mol. The Hall–Kier alpha value is -2.11. The normalized spacial score (nSPS) is 10.9. The van der Waals surface area contributed by atoms with Crippen LogP contribution in [-0.4, -0.2) is 37.1 Å². The molecule has 0 bridgehead atoms. The summed E-state index contributed by atoms with van der Waals surface area (Å²) in [6.45, 7) is 7.81. The number of esters is 1. The van der Waals surface area contributed by atoms with Crippen molar-refractivity contribution >= 4 is 17.8 Å². The average Bonchev–Trinajstić information content (AvgIpc) is 2.29. The highest BCUT2D eigenvalue weighted by atomic mass is 16.6. The summed E-state index contributed by atoms with van der Waals surface area (Å²) in [6, 6.07) is -1.37. The van der Waals surface area contributed by atoms with Gasteiger partial charge in [0.1, 0.15) is 13.2 Å². The summed E-state index contributed by atoms with van der Waals surface area (Å²) >= 11 is 0. The molecule has 1 unspecified atom stereocenters. The molecule has 0 aliphatic rings. The molecule has 0 saturated carbocycles. The van der Waals surface area contributed by atoms with Gasteiger partial charge >= 0.3 is 12.1 Å². The molecule has 0 spiro atoms. The van der Waals surface area contributed by atoms with E-state index in [0.29, 0.717) is 0 Å². The first-order chi connectivity index (χ1) is 8.02. The molecule has 0 rings (SSSR count). The lowest BCUT2D eigenvalue weighted by Gasteiger charge is -2.13. The standard InChI is InChI=1S/C11H15NO5/c1-4-6-16-10(14)9(8(3)13)12-11(15)17-7-5-2/h4-5,9H,1-2,6-7H2,3H3,(H,12,15). The zero-order chi connectivity index (χ0) is 13.3. The second kappa shape index (κ2) is 8.09. The van der Waals surface area contributed by atoms with Crippen molar-refractivity contribution in [1.82, 2.24) is 5.32 Å². The number of carbonyl (C=O) groups is 3. The van der Waals surface area contributed by atoms with Gasteiger partial charge in [-0.15, -0.1) is 0 Å². The molecule has 1 atom stereocenters. The molecule has 6 heteroatoms. The molecule has 0 heterocycles. The number of ketones is 1. The van der Waals surface area contributed by atoms with Crippen LogP contribution in [0, 0.1) is 0 Å². The van der Waals surface area contributed by atoms with Crippen LogP contribution in [0.3, 0.4) is 0 Å². The fraction of sp³-hybridized carbons (Fsp3) is 0.364. The molecule has 0 aromatic rings. The van der Waals surface area contributed by atoms with Crippen LogP contribution in [-0.2, 0) is 19.1 Å². The predicted octanol–water partition coefficient (Wildman–Crippen LogP) is 0.585. The summed E-state index contributed by atoms with van der Waals surface area (Å²) in [5.74, 6) is -1.40. The first-order valence-electron chi connectivity index (χ1n) is 4.85. The summed E-state index contributed by atoms with van der Waals surface area (Å²) in [7, 11) is 0. The Morgan fingerprint density at radius 1 is 1.18 bits per heavy atom. The number of amides is 1. The first-order valence-corrected chi connectivity index (χ1v) is 4.85. The third-order valence-corrected chi connectivity index (χ3v) is 1.58. The molecule has 1 N–H and O–H groups in total. The monoisotopic (exact) mass is 241 g/mol. The maximum atomic E-state index is 11.4. The van der Waals surface area contributed by atoms with Crippen LogP contribution in [0.4, 0.5) is 4.79 Å². The molecule has 0 aliphatic carbocycles. The Morgan fingerprint density at radius 2 is 1.71 bits per heavy atom. The zero-order valence-corrected chi connectivity index (χ0v) is 9.60. The second-order valence-electron chi connectivity index (χ2n) is 2.99. The van der Waals surface area contributed by atoms with Crippen LogP contribution in [0.1, 0.15) is 6.92 Å². The van der Waals surface area contributed by atoms with Crippen molar-refractivity contribution < 1.29 is 23.9 Å². The van der Waals surface area contributed by atoms with Gasteiger partial charge in [-0.05, 0) is 6.92 Å². The van der Waals surface area contributed by atoms with Crippen molar-refractivity contribution in [1.29, 1.82) is 0 Å². The minimum absolute atomic E-state index is 0.0157. The smallest absolute Gasteiger partial charge is 0.408 e. The maximum Gasteiger partial charge on any atom is 0.408 e. The van der Waals surface area contributed by atoms with E-state index in [9.17, 15) is 14.4 Å². The Morgan fingerprint density at radius 3 is 2.18 bits per heavy atom. The van der Waals surface area contributed by atoms with E-state index < -0.39 is 23.9 Å². The molecular formula is C11H15NO5. The molecule has 0 aromatic heterocycles. The summed E-state index contributed by atoms with van der Waals surface area (Å²) in [4.78, 5) is 33.6. The van der Waals surface area contributed by atoms with E-state index in [1.165, 1.54) is 12.2 Å². The highest BCUT2D eigenvalue weighted by molar-refractivity contribution is 6.04. The van der Waals surface area contributed by atoms with Crippen LogP contribution in [0.15, 0.2) is 25.3 Å². The van der Waals surface area contributed by atoms with Crippen LogP contribution in [0.5, 0.6) is 0 Å². The highest BCUT2D eigenvalue weighted by Crippen LogP contribution is 1.93. The van der Waals surface area contributed by atoms with Gasteiger partial charge in [0.05, 0.1) is 0 Å². The number of hydrogen-bond donors (Lipinski definition) is 1. The number of nitrogens with one attached hydrogen (secondary N) is 1. The molecular weight excluding hydrogens is 226 g/mol. The molecule has 1 amide bonds. The zero-order valence-electron chi connectivity index (χ0n) is 9.60. The van der Waals surface area contributed by atoms with E-state index in [-0.39, 0.29) is 13.2 Å². The third-order valence-electron chi connectivity index (χ3n) is 1.58. The van der Waals surface area contributed by atoms with E-state index >= 15 is 0 Å². The van der Waals surface area contributed by atoms with Crippen molar-refractivity contribution in [2.24, 2.45) is 0 Å². The van der Waals surface area contributed by atoms with Gasteiger partial charge in [0, 0.05) is 0 Å². The van der Waals surface area contributed by atoms with Gasteiger partial charge in [-0.25, -0.2) is 9.59 Å². The molecule has 0 fully saturated rings. The highest BCUT2D eigenvalue weighted by Gasteiger charge is 2.27. The quantitative estimate of drug-likeness (QED) is 0.400. The van der Waals surface area contributed by atoms with Crippen molar-refractivity contribution in [2.45, 2.75) is 13.0 Å². The topological polar surface area (TPSA) is 81.7 Å². The third kappa shape index (κ3) is 6.14. The van der Waals surface area contributed by atoms with E-state index in [2.05, 4.69) is 27.9 Å². The van der Waals surface area contributed by atoms with E-state index in [1.54, 1.807) is 0 Å². The summed E-state index contributed by atoms with van der Waals surface area (Å²) in [5, 5.41) is 2.09. The molecule has 0 radical (unpaired) electrons. The summed E-state index contributed by atoms with van der Waals surface area (Å²) in [6.07, 6.45) is 1.82. The predicted molar refractivity (Wildman–Crippen MR) is 60.3 cm³/mol. The van der Waals surface area contributed by atoms with Gasteiger partial charge in [0.25, 0.3) is 0 Å². The van der Waals surface area contributed by atoms with Crippen LogP contribution in [0.25, 0.3) is 0 Å². The Bertz CT molecular complexity index is 324. The summed E-state index contributed by atoms with van der Waals surface area (Å²) in [5.41, 5.74) is 0. The van der Waals surface area contributed by atoms with Gasteiger partial charge in [-0.1, -0.05) is 25.3 Å². The number of Topliss-reactive ketones (excluding diaryl/α,β-unsaturated/α-hetero) is 1. The molecule has 0 aliphatic heterocycles. The lowest BCUT2D eigenvalue weighted by molar-refractivity contribution is -0.147. The lowest BCUT2D eigenvalue weighted by atomic mass is 10.2. The number of hydrogen-bond acceptors (Lipinski definition) is 5. The fourth-order valence-electron chi connectivity index (χ4n) is 0.845. The van der Waals surface area contributed by atoms with Crippen molar-refractivity contribution in [3.63, 3.8) is 0 Å². The van der Waals surface area contributed by atoms with Gasteiger partial charge in [0.2, 0.25) is 0 Å². The van der Waals surface area contributed by atoms with Crippen LogP contribution >= 0.6 is 0 Å². The number of carbonyl (C=O) groups excluding carboxylic acids is 3. The van der Waals surface area contributed by atoms with E-state index in [1.807, 2.05) is 0 Å². The van der Waals surface area contributed by atoms with Gasteiger partial charge in [-0.3, -0.25) is 4.79 Å². The number of rotatable bonds is 7. The Balaban J connectivity index is 4.37. The van der Waals surface area contributed by atoms with Crippen molar-refractivity contribution in [3.05, 3.63) is 25.3 Å². The van der Waals surface area contributed by atoms with Crippen LogP contribution in [0.2, 0.25) is 0 Å². The molecule has 94 valence electrons. The van der Waals surface area contributed by atoms with Gasteiger partial charge < -0.3 is 14.8 Å². The number of alkyl carbamates (subject to hydrolysis) is 1. The minimum Gasteiger partial charge on any atom is -0.460 e.